The van der Waals surface area contributed by atoms with E-state index in [9.17, 15) is 0 Å². The third kappa shape index (κ3) is 1.61. The van der Waals surface area contributed by atoms with Crippen LogP contribution in [0.5, 0.6) is 0 Å². The summed E-state index contributed by atoms with van der Waals surface area (Å²) in [5.74, 6) is 0.166. The van der Waals surface area contributed by atoms with Crippen LogP contribution < -0.4 is 11.5 Å². The number of anilines is 2. The van der Waals surface area contributed by atoms with Gasteiger partial charge in [-0.1, -0.05) is 12.1 Å². The third-order valence-electron chi connectivity index (χ3n) is 1.78. The van der Waals surface area contributed by atoms with Gasteiger partial charge in [0, 0.05) is 11.3 Å². The van der Waals surface area contributed by atoms with Crippen molar-refractivity contribution in [2.24, 2.45) is 0 Å². The number of hydrogen-bond acceptors (Lipinski definition) is 5. The van der Waals surface area contributed by atoms with Crippen LogP contribution >= 0.6 is 0 Å². The standard InChI is InChI=1S/C9H9N5/c10-7-3-1-6(2-4-7)8-5-12-14-9(11)13-8/h1-5H,10H2,(H2,11,13,14). The molecule has 1 aromatic heterocycles. The summed E-state index contributed by atoms with van der Waals surface area (Å²) in [6, 6.07) is 7.32. The van der Waals surface area contributed by atoms with Gasteiger partial charge >= 0.3 is 0 Å². The molecule has 14 heavy (non-hydrogen) atoms. The molecule has 5 heteroatoms. The molecule has 2 rings (SSSR count). The molecule has 0 fully saturated rings. The normalized spacial score (nSPS) is 10.0. The highest BCUT2D eigenvalue weighted by Crippen LogP contribution is 2.17. The molecule has 0 aliphatic heterocycles. The van der Waals surface area contributed by atoms with Crippen LogP contribution in [-0.4, -0.2) is 15.2 Å². The summed E-state index contributed by atoms with van der Waals surface area (Å²) >= 11 is 0. The van der Waals surface area contributed by atoms with E-state index in [-0.39, 0.29) is 5.95 Å². The molecule has 4 N–H and O–H groups in total. The van der Waals surface area contributed by atoms with E-state index in [0.717, 1.165) is 5.56 Å². The van der Waals surface area contributed by atoms with Gasteiger partial charge in [0.15, 0.2) is 0 Å². The largest absolute Gasteiger partial charge is 0.399 e. The van der Waals surface area contributed by atoms with Crippen molar-refractivity contribution in [3.8, 4) is 11.3 Å². The first-order valence-electron chi connectivity index (χ1n) is 4.07. The summed E-state index contributed by atoms with van der Waals surface area (Å²) in [4.78, 5) is 4.04. The maximum atomic E-state index is 5.56. The lowest BCUT2D eigenvalue weighted by molar-refractivity contribution is 0.990. The van der Waals surface area contributed by atoms with Gasteiger partial charge in [-0.05, 0) is 12.1 Å². The molecule has 0 spiro atoms. The molecule has 0 saturated heterocycles. The van der Waals surface area contributed by atoms with Crippen molar-refractivity contribution in [1.82, 2.24) is 15.2 Å². The van der Waals surface area contributed by atoms with Crippen LogP contribution in [0.25, 0.3) is 11.3 Å². The first-order valence-corrected chi connectivity index (χ1v) is 4.07. The molecule has 1 aromatic carbocycles. The van der Waals surface area contributed by atoms with E-state index in [1.54, 1.807) is 18.3 Å². The molecular weight excluding hydrogens is 178 g/mol. The van der Waals surface area contributed by atoms with Gasteiger partial charge < -0.3 is 11.5 Å². The van der Waals surface area contributed by atoms with Gasteiger partial charge in [0.05, 0.1) is 11.9 Å². The van der Waals surface area contributed by atoms with E-state index >= 15 is 0 Å². The van der Waals surface area contributed by atoms with Crippen LogP contribution in [0.4, 0.5) is 11.6 Å². The number of aromatic nitrogens is 3. The molecule has 5 nitrogen and oxygen atoms in total. The molecule has 1 heterocycles. The van der Waals surface area contributed by atoms with Crippen LogP contribution in [0.2, 0.25) is 0 Å². The zero-order chi connectivity index (χ0) is 9.97. The fourth-order valence-corrected chi connectivity index (χ4v) is 1.11. The Labute approximate surface area is 80.8 Å². The average molecular weight is 187 g/mol. The fourth-order valence-electron chi connectivity index (χ4n) is 1.11. The summed E-state index contributed by atoms with van der Waals surface area (Å²) in [5.41, 5.74) is 13.3. The first kappa shape index (κ1) is 8.43. The Morgan fingerprint density at radius 1 is 1.00 bits per heavy atom. The third-order valence-corrected chi connectivity index (χ3v) is 1.78. The van der Waals surface area contributed by atoms with Crippen molar-refractivity contribution in [3.05, 3.63) is 30.5 Å². The van der Waals surface area contributed by atoms with Gasteiger partial charge in [0.1, 0.15) is 0 Å². The number of hydrogen-bond donors (Lipinski definition) is 2. The molecule has 0 unspecified atom stereocenters. The Bertz CT molecular complexity index is 437. The minimum Gasteiger partial charge on any atom is -0.399 e. The highest BCUT2D eigenvalue weighted by Gasteiger charge is 2.00. The van der Waals surface area contributed by atoms with Gasteiger partial charge in [-0.15, -0.1) is 5.10 Å². The van der Waals surface area contributed by atoms with Crippen LogP contribution in [-0.2, 0) is 0 Å². The van der Waals surface area contributed by atoms with Gasteiger partial charge in [-0.25, -0.2) is 4.98 Å². The van der Waals surface area contributed by atoms with Crippen LogP contribution in [0.1, 0.15) is 0 Å². The maximum absolute atomic E-state index is 5.56. The molecule has 0 aliphatic carbocycles. The summed E-state index contributed by atoms with van der Waals surface area (Å²) in [6.45, 7) is 0. The molecule has 2 aromatic rings. The smallest absolute Gasteiger partial charge is 0.240 e. The Hall–Kier alpha value is -2.17. The molecule has 70 valence electrons. The molecule has 0 aliphatic rings. The van der Waals surface area contributed by atoms with Crippen molar-refractivity contribution >= 4 is 11.6 Å². The number of rotatable bonds is 1. The topological polar surface area (TPSA) is 90.7 Å². The first-order chi connectivity index (χ1) is 6.75. The van der Waals surface area contributed by atoms with Gasteiger partial charge in [0.25, 0.3) is 0 Å². The van der Waals surface area contributed by atoms with Crippen LogP contribution in [0.3, 0.4) is 0 Å². The van der Waals surface area contributed by atoms with Crippen molar-refractivity contribution in [1.29, 1.82) is 0 Å². The van der Waals surface area contributed by atoms with Gasteiger partial charge in [-0.3, -0.25) is 0 Å². The van der Waals surface area contributed by atoms with Gasteiger partial charge in [-0.2, -0.15) is 5.10 Å². The average Bonchev–Trinajstić information content (AvgIpc) is 2.19. The number of nitrogens with two attached hydrogens (primary N) is 2. The number of nitrogen functional groups attached to an aromatic ring is 2. The monoisotopic (exact) mass is 187 g/mol. The number of nitrogens with zero attached hydrogens (tertiary/aromatic N) is 3. The summed E-state index contributed by atoms with van der Waals surface area (Å²) in [5, 5.41) is 7.29. The van der Waals surface area contributed by atoms with E-state index in [1.165, 1.54) is 0 Å². The Morgan fingerprint density at radius 2 is 1.71 bits per heavy atom. The van der Waals surface area contributed by atoms with Crippen molar-refractivity contribution in [2.75, 3.05) is 11.5 Å². The zero-order valence-corrected chi connectivity index (χ0v) is 7.38. The highest BCUT2D eigenvalue weighted by atomic mass is 15.2. The van der Waals surface area contributed by atoms with Crippen LogP contribution in [0, 0.1) is 0 Å². The number of benzene rings is 1. The quantitative estimate of drug-likeness (QED) is 0.641. The SMILES string of the molecule is Nc1ccc(-c2cnnc(N)n2)cc1. The van der Waals surface area contributed by atoms with E-state index in [2.05, 4.69) is 15.2 Å². The van der Waals surface area contributed by atoms with Crippen molar-refractivity contribution in [2.45, 2.75) is 0 Å². The zero-order valence-electron chi connectivity index (χ0n) is 7.38. The van der Waals surface area contributed by atoms with Gasteiger partial charge in [0.2, 0.25) is 5.95 Å². The van der Waals surface area contributed by atoms with E-state index in [1.807, 2.05) is 12.1 Å². The van der Waals surface area contributed by atoms with Crippen molar-refractivity contribution in [3.63, 3.8) is 0 Å². The second kappa shape index (κ2) is 3.29. The predicted molar refractivity (Wildman–Crippen MR) is 54.1 cm³/mol. The van der Waals surface area contributed by atoms with E-state index in [4.69, 9.17) is 11.5 Å². The lowest BCUT2D eigenvalue weighted by atomic mass is 10.1. The molecular formula is C9H9N5. The summed E-state index contributed by atoms with van der Waals surface area (Å²) < 4.78 is 0. The summed E-state index contributed by atoms with van der Waals surface area (Å²) in [6.07, 6.45) is 1.56. The van der Waals surface area contributed by atoms with E-state index < -0.39 is 0 Å². The molecule has 0 amide bonds. The highest BCUT2D eigenvalue weighted by molar-refractivity contribution is 5.61. The Balaban J connectivity index is 2.44. The van der Waals surface area contributed by atoms with Crippen molar-refractivity contribution < 1.29 is 0 Å². The summed E-state index contributed by atoms with van der Waals surface area (Å²) in [7, 11) is 0. The second-order valence-corrected chi connectivity index (χ2v) is 2.82. The predicted octanol–water partition coefficient (Wildman–Crippen LogP) is 0.703. The molecule has 0 bridgehead atoms. The molecule has 0 atom stereocenters. The maximum Gasteiger partial charge on any atom is 0.240 e. The second-order valence-electron chi connectivity index (χ2n) is 2.82. The lowest BCUT2D eigenvalue weighted by Gasteiger charge is -2.00. The minimum absolute atomic E-state index is 0.166. The molecule has 0 saturated carbocycles. The Morgan fingerprint density at radius 3 is 2.36 bits per heavy atom. The lowest BCUT2D eigenvalue weighted by Crippen LogP contribution is -1.98. The molecule has 0 radical (unpaired) electrons. The van der Waals surface area contributed by atoms with E-state index in [0.29, 0.717) is 11.4 Å². The van der Waals surface area contributed by atoms with Crippen LogP contribution in [0.15, 0.2) is 30.5 Å². The Kier molecular flexibility index (Phi) is 1.98. The minimum atomic E-state index is 0.166. The fraction of sp³-hybridized carbons (Fsp3) is 0.